The van der Waals surface area contributed by atoms with Gasteiger partial charge in [-0.1, -0.05) is 12.1 Å². The van der Waals surface area contributed by atoms with Gasteiger partial charge < -0.3 is 20.1 Å². The van der Waals surface area contributed by atoms with E-state index in [0.29, 0.717) is 35.5 Å². The molecule has 1 spiro atoms. The third-order valence-electron chi connectivity index (χ3n) is 7.27. The van der Waals surface area contributed by atoms with Crippen molar-refractivity contribution >= 4 is 28.9 Å². The van der Waals surface area contributed by atoms with Crippen molar-refractivity contribution < 1.29 is 32.6 Å². The maximum atomic E-state index is 13.3. The monoisotopic (exact) mass is 529 g/mol. The van der Waals surface area contributed by atoms with Gasteiger partial charge >= 0.3 is 12.2 Å². The summed E-state index contributed by atoms with van der Waals surface area (Å²) in [5, 5.41) is 13.0. The number of β-amino-alcohol motifs (C(OH)–C–C–N with tert-alkyl or cyclic N) is 1. The van der Waals surface area contributed by atoms with Crippen molar-refractivity contribution in [3.63, 3.8) is 0 Å². The van der Waals surface area contributed by atoms with Crippen molar-refractivity contribution in [3.05, 3.63) is 59.2 Å². The molecular formula is C28H30F3N3O4. The number of hydrogen-bond acceptors (Lipinski definition) is 4. The molecule has 202 valence electrons. The SMILES string of the molecule is CN1C(=O)N(CC(C)(C)O)Cc2ccc(NC(=O)/C=C3\CC4(CCC4)Oc4cc(C(F)(F)F)ccc43)cc21. The van der Waals surface area contributed by atoms with Crippen LogP contribution in [0.1, 0.15) is 56.2 Å². The number of nitrogens with zero attached hydrogens (tertiary/aromatic N) is 2. The number of halogens is 3. The molecule has 2 aromatic rings. The summed E-state index contributed by atoms with van der Waals surface area (Å²) in [5.74, 6) is -0.273. The number of hydrogen-bond donors (Lipinski definition) is 2. The van der Waals surface area contributed by atoms with Crippen LogP contribution >= 0.6 is 0 Å². The van der Waals surface area contributed by atoms with Crippen LogP contribution in [0.3, 0.4) is 0 Å². The normalized spacial score (nSPS) is 19.6. The first-order chi connectivity index (χ1) is 17.7. The third-order valence-corrected chi connectivity index (χ3v) is 7.27. The molecule has 2 aliphatic heterocycles. The minimum atomic E-state index is -4.49. The summed E-state index contributed by atoms with van der Waals surface area (Å²) in [7, 11) is 1.64. The molecule has 3 amide bonds. The van der Waals surface area contributed by atoms with Gasteiger partial charge in [-0.25, -0.2) is 4.79 Å². The predicted molar refractivity (Wildman–Crippen MR) is 137 cm³/mol. The number of carbonyl (C=O) groups excluding carboxylic acids is 2. The van der Waals surface area contributed by atoms with E-state index in [9.17, 15) is 27.9 Å². The molecule has 2 N–H and O–H groups in total. The summed E-state index contributed by atoms with van der Waals surface area (Å²) in [6, 6.07) is 8.40. The van der Waals surface area contributed by atoms with Crippen LogP contribution in [0, 0.1) is 0 Å². The molecule has 1 saturated carbocycles. The van der Waals surface area contributed by atoms with Gasteiger partial charge in [0.25, 0.3) is 0 Å². The van der Waals surface area contributed by atoms with Crippen LogP contribution in [0.25, 0.3) is 5.57 Å². The molecule has 10 heteroatoms. The number of rotatable bonds is 4. The zero-order valence-electron chi connectivity index (χ0n) is 21.5. The number of benzene rings is 2. The summed E-state index contributed by atoms with van der Waals surface area (Å²) < 4.78 is 45.9. The summed E-state index contributed by atoms with van der Waals surface area (Å²) in [6.07, 6.45) is -0.265. The van der Waals surface area contributed by atoms with Crippen molar-refractivity contribution in [3.8, 4) is 5.75 Å². The van der Waals surface area contributed by atoms with E-state index in [2.05, 4.69) is 5.32 Å². The van der Waals surface area contributed by atoms with Crippen molar-refractivity contribution in [2.75, 3.05) is 23.8 Å². The van der Waals surface area contributed by atoms with E-state index in [4.69, 9.17) is 4.74 Å². The second-order valence-electron chi connectivity index (χ2n) is 11.0. The summed E-state index contributed by atoms with van der Waals surface area (Å²) >= 11 is 0. The molecule has 1 aliphatic carbocycles. The Morgan fingerprint density at radius 3 is 2.55 bits per heavy atom. The summed E-state index contributed by atoms with van der Waals surface area (Å²) in [5.41, 5.74) is 0.718. The van der Waals surface area contributed by atoms with Crippen LogP contribution in [0.15, 0.2) is 42.5 Å². The standard InChI is InChI=1S/C28H30F3N3O4/c1-26(2,37)16-34-15-17-5-7-20(13-22(17)33(3)25(34)36)32-24(35)11-18-14-27(9-4-10-27)38-23-12-19(28(29,30)31)6-8-21(18)23/h5-8,11-13,37H,4,9-10,14-16H2,1-3H3,(H,32,35)/b18-11+. The van der Waals surface area contributed by atoms with Crippen molar-refractivity contribution in [1.82, 2.24) is 4.90 Å². The van der Waals surface area contributed by atoms with Gasteiger partial charge in [-0.15, -0.1) is 0 Å². The van der Waals surface area contributed by atoms with Crippen LogP contribution < -0.4 is 15.0 Å². The lowest BCUT2D eigenvalue weighted by molar-refractivity contribution is -0.138. The number of nitrogens with one attached hydrogen (secondary N) is 1. The van der Waals surface area contributed by atoms with Crippen LogP contribution in [-0.2, 0) is 17.5 Å². The average molecular weight is 530 g/mol. The number of fused-ring (bicyclic) bond motifs is 2. The molecule has 2 heterocycles. The highest BCUT2D eigenvalue weighted by atomic mass is 19.4. The van der Waals surface area contributed by atoms with E-state index in [0.717, 1.165) is 37.0 Å². The molecule has 2 aromatic carbocycles. The largest absolute Gasteiger partial charge is 0.486 e. The number of anilines is 2. The smallest absolute Gasteiger partial charge is 0.416 e. The maximum Gasteiger partial charge on any atom is 0.416 e. The first kappa shape index (κ1) is 26.1. The van der Waals surface area contributed by atoms with Gasteiger partial charge in [-0.05, 0) is 68.5 Å². The lowest BCUT2D eigenvalue weighted by Gasteiger charge is -2.46. The van der Waals surface area contributed by atoms with E-state index in [1.165, 1.54) is 17.0 Å². The third kappa shape index (κ3) is 5.09. The molecule has 0 unspecified atom stereocenters. The van der Waals surface area contributed by atoms with Gasteiger partial charge in [0.2, 0.25) is 5.91 Å². The van der Waals surface area contributed by atoms with Gasteiger partial charge in [0, 0.05) is 37.3 Å². The van der Waals surface area contributed by atoms with E-state index in [1.54, 1.807) is 37.9 Å². The molecule has 0 bridgehead atoms. The topological polar surface area (TPSA) is 82.1 Å². The minimum Gasteiger partial charge on any atom is -0.486 e. The Balaban J connectivity index is 1.38. The minimum absolute atomic E-state index is 0.148. The van der Waals surface area contributed by atoms with E-state index < -0.39 is 28.8 Å². The molecule has 7 nitrogen and oxygen atoms in total. The lowest BCUT2D eigenvalue weighted by Crippen LogP contribution is -2.50. The molecule has 1 fully saturated rings. The second kappa shape index (κ2) is 9.04. The fourth-order valence-corrected chi connectivity index (χ4v) is 5.34. The van der Waals surface area contributed by atoms with Crippen molar-refractivity contribution in [2.24, 2.45) is 0 Å². The zero-order chi connectivity index (χ0) is 27.5. The van der Waals surface area contributed by atoms with Gasteiger partial charge in [0.1, 0.15) is 11.4 Å². The van der Waals surface area contributed by atoms with Gasteiger partial charge in [0.15, 0.2) is 0 Å². The van der Waals surface area contributed by atoms with E-state index in [1.807, 2.05) is 6.07 Å². The lowest BCUT2D eigenvalue weighted by atomic mass is 9.72. The fraction of sp³-hybridized carbons (Fsp3) is 0.429. The van der Waals surface area contributed by atoms with Crippen LogP contribution in [0.5, 0.6) is 5.75 Å². The number of carbonyl (C=O) groups is 2. The summed E-state index contributed by atoms with van der Waals surface area (Å²) in [6.45, 7) is 3.79. The molecule has 5 rings (SSSR count). The van der Waals surface area contributed by atoms with E-state index >= 15 is 0 Å². The first-order valence-electron chi connectivity index (χ1n) is 12.5. The molecule has 0 atom stereocenters. The highest BCUT2D eigenvalue weighted by Crippen LogP contribution is 2.50. The van der Waals surface area contributed by atoms with Gasteiger partial charge in [-0.3, -0.25) is 9.69 Å². The summed E-state index contributed by atoms with van der Waals surface area (Å²) in [4.78, 5) is 28.9. The molecule has 0 saturated heterocycles. The molecule has 3 aliphatic rings. The number of ether oxygens (including phenoxy) is 1. The van der Waals surface area contributed by atoms with Crippen molar-refractivity contribution in [1.29, 1.82) is 0 Å². The highest BCUT2D eigenvalue weighted by molar-refractivity contribution is 6.05. The maximum absolute atomic E-state index is 13.3. The van der Waals surface area contributed by atoms with Gasteiger partial charge in [0.05, 0.1) is 23.4 Å². The molecule has 0 aromatic heterocycles. The Kier molecular flexibility index (Phi) is 6.21. The first-order valence-corrected chi connectivity index (χ1v) is 12.5. The molecule has 38 heavy (non-hydrogen) atoms. The van der Waals surface area contributed by atoms with Gasteiger partial charge in [-0.2, -0.15) is 13.2 Å². The van der Waals surface area contributed by atoms with E-state index in [-0.39, 0.29) is 18.3 Å². The Morgan fingerprint density at radius 1 is 1.18 bits per heavy atom. The Labute approximate surface area is 218 Å². The average Bonchev–Trinajstić information content (AvgIpc) is 2.80. The highest BCUT2D eigenvalue weighted by Gasteiger charge is 2.44. The number of urea groups is 1. The second-order valence-corrected chi connectivity index (χ2v) is 11.0. The Hall–Kier alpha value is -3.53. The number of aliphatic hydroxyl groups is 1. The Morgan fingerprint density at radius 2 is 1.92 bits per heavy atom. The quantitative estimate of drug-likeness (QED) is 0.507. The number of alkyl halides is 3. The number of amides is 3. The zero-order valence-corrected chi connectivity index (χ0v) is 21.5. The fourth-order valence-electron chi connectivity index (χ4n) is 5.34. The van der Waals surface area contributed by atoms with Crippen LogP contribution in [0.2, 0.25) is 0 Å². The predicted octanol–water partition coefficient (Wildman–Crippen LogP) is 5.58. The van der Waals surface area contributed by atoms with Crippen LogP contribution in [0.4, 0.5) is 29.3 Å². The van der Waals surface area contributed by atoms with Crippen LogP contribution in [-0.4, -0.2) is 46.7 Å². The molecular weight excluding hydrogens is 499 g/mol. The van der Waals surface area contributed by atoms with Crippen molar-refractivity contribution in [2.45, 2.75) is 63.5 Å². The Bertz CT molecular complexity index is 1330. The molecule has 0 radical (unpaired) electrons.